The molecule has 1 aromatic carbocycles. The predicted molar refractivity (Wildman–Crippen MR) is 108 cm³/mol. The number of aryl methyl sites for hydroxylation is 3. The fourth-order valence-corrected chi connectivity index (χ4v) is 4.47. The lowest BCUT2D eigenvalue weighted by atomic mass is 10.1. The monoisotopic (exact) mass is 411 g/mol. The number of hydrogen-bond acceptors (Lipinski definition) is 5. The minimum absolute atomic E-state index is 0.261. The zero-order valence-corrected chi connectivity index (χ0v) is 18.0. The summed E-state index contributed by atoms with van der Waals surface area (Å²) < 4.78 is 31.0. The van der Waals surface area contributed by atoms with Crippen LogP contribution in [0, 0.1) is 20.8 Å². The highest BCUT2D eigenvalue weighted by Gasteiger charge is 2.29. The first-order valence-corrected chi connectivity index (χ1v) is 11.1. The molecule has 0 aromatic heterocycles. The number of nitrogens with zero attached hydrogens (tertiary/aromatic N) is 3. The van der Waals surface area contributed by atoms with E-state index in [0.29, 0.717) is 38.5 Å². The van der Waals surface area contributed by atoms with Gasteiger partial charge in [0.15, 0.2) is 0 Å². The molecule has 156 valence electrons. The molecule has 0 radical (unpaired) electrons. The third-order valence-electron chi connectivity index (χ3n) is 4.72. The summed E-state index contributed by atoms with van der Waals surface area (Å²) in [7, 11) is -3.64. The lowest BCUT2D eigenvalue weighted by Crippen LogP contribution is -2.53. The van der Waals surface area contributed by atoms with Crippen LogP contribution in [0.1, 0.15) is 23.6 Å². The molecule has 0 aliphatic carbocycles. The summed E-state index contributed by atoms with van der Waals surface area (Å²) in [6.07, 6.45) is 0.718. The van der Waals surface area contributed by atoms with Gasteiger partial charge in [-0.2, -0.15) is 0 Å². The molecule has 1 aliphatic heterocycles. The molecule has 8 nitrogen and oxygen atoms in total. The maximum absolute atomic E-state index is 12.8. The molecule has 1 saturated heterocycles. The van der Waals surface area contributed by atoms with Gasteiger partial charge in [-0.25, -0.2) is 13.2 Å². The molecule has 2 rings (SSSR count). The number of rotatable bonds is 5. The van der Waals surface area contributed by atoms with Gasteiger partial charge in [0.1, 0.15) is 6.54 Å². The Labute approximate surface area is 167 Å². The second-order valence-corrected chi connectivity index (χ2v) is 8.99. The van der Waals surface area contributed by atoms with Crippen molar-refractivity contribution in [1.29, 1.82) is 0 Å². The van der Waals surface area contributed by atoms with E-state index in [4.69, 9.17) is 4.74 Å². The van der Waals surface area contributed by atoms with Crippen molar-refractivity contribution in [2.45, 2.75) is 27.7 Å². The second-order valence-electron chi connectivity index (χ2n) is 7.08. The van der Waals surface area contributed by atoms with Gasteiger partial charge in [0, 0.05) is 26.2 Å². The van der Waals surface area contributed by atoms with Crippen molar-refractivity contribution in [3.63, 3.8) is 0 Å². The van der Waals surface area contributed by atoms with Gasteiger partial charge in [-0.1, -0.05) is 17.7 Å². The van der Waals surface area contributed by atoms with E-state index < -0.39 is 16.1 Å². The Hall–Kier alpha value is -2.29. The standard InChI is InChI=1S/C19H29N3O5S/c1-6-27-19(24)21-9-7-20(8-10-21)17(23)13-22(28(5,25)26)18-15(3)11-14(2)12-16(18)4/h11-12H,6-10,13H2,1-5H3. The van der Waals surface area contributed by atoms with E-state index in [9.17, 15) is 18.0 Å². The van der Waals surface area contributed by atoms with Crippen molar-refractivity contribution in [3.8, 4) is 0 Å². The van der Waals surface area contributed by atoms with Crippen LogP contribution >= 0.6 is 0 Å². The lowest BCUT2D eigenvalue weighted by Gasteiger charge is -2.35. The smallest absolute Gasteiger partial charge is 0.409 e. The van der Waals surface area contributed by atoms with E-state index in [1.54, 1.807) is 16.7 Å². The minimum Gasteiger partial charge on any atom is -0.450 e. The number of hydrogen-bond donors (Lipinski definition) is 0. The van der Waals surface area contributed by atoms with E-state index in [-0.39, 0.29) is 12.5 Å². The van der Waals surface area contributed by atoms with E-state index in [2.05, 4.69) is 0 Å². The maximum Gasteiger partial charge on any atom is 0.409 e. The van der Waals surface area contributed by atoms with Crippen LogP contribution in [0.5, 0.6) is 0 Å². The molecule has 0 N–H and O–H groups in total. The molecule has 1 aromatic rings. The van der Waals surface area contributed by atoms with Crippen molar-refractivity contribution >= 4 is 27.7 Å². The molecule has 1 aliphatic rings. The Bertz CT molecular complexity index is 822. The molecule has 0 saturated carbocycles. The predicted octanol–water partition coefficient (Wildman–Crippen LogP) is 1.68. The van der Waals surface area contributed by atoms with Crippen LogP contribution in [0.25, 0.3) is 0 Å². The molecular weight excluding hydrogens is 382 g/mol. The van der Waals surface area contributed by atoms with Crippen LogP contribution in [-0.2, 0) is 19.6 Å². The average molecular weight is 412 g/mol. The molecule has 1 fully saturated rings. The third-order valence-corrected chi connectivity index (χ3v) is 5.83. The molecule has 0 spiro atoms. The summed E-state index contributed by atoms with van der Waals surface area (Å²) in [5.41, 5.74) is 3.20. The molecule has 1 heterocycles. The van der Waals surface area contributed by atoms with E-state index in [1.165, 1.54) is 4.31 Å². The summed E-state index contributed by atoms with van der Waals surface area (Å²) in [6.45, 7) is 8.85. The number of piperazine rings is 1. The van der Waals surface area contributed by atoms with Gasteiger partial charge in [-0.05, 0) is 38.8 Å². The van der Waals surface area contributed by atoms with Gasteiger partial charge in [0.2, 0.25) is 15.9 Å². The largest absolute Gasteiger partial charge is 0.450 e. The van der Waals surface area contributed by atoms with Gasteiger partial charge in [-0.3, -0.25) is 9.10 Å². The molecule has 0 unspecified atom stereocenters. The van der Waals surface area contributed by atoms with Crippen LogP contribution in [0.4, 0.5) is 10.5 Å². The molecular formula is C19H29N3O5S. The summed E-state index contributed by atoms with van der Waals surface area (Å²) >= 11 is 0. The number of sulfonamides is 1. The number of amides is 2. The Morgan fingerprint density at radius 3 is 2.00 bits per heavy atom. The number of benzene rings is 1. The summed E-state index contributed by atoms with van der Waals surface area (Å²) in [6, 6.07) is 3.81. The Balaban J connectivity index is 2.15. The van der Waals surface area contributed by atoms with Gasteiger partial charge in [0.05, 0.1) is 18.6 Å². The highest BCUT2D eigenvalue weighted by Crippen LogP contribution is 2.28. The van der Waals surface area contributed by atoms with Crippen molar-refractivity contribution < 1.29 is 22.7 Å². The molecule has 2 amide bonds. The molecule has 9 heteroatoms. The Morgan fingerprint density at radius 1 is 1.04 bits per heavy atom. The first-order chi connectivity index (χ1) is 13.0. The fourth-order valence-electron chi connectivity index (χ4n) is 3.50. The van der Waals surface area contributed by atoms with E-state index in [0.717, 1.165) is 22.9 Å². The van der Waals surface area contributed by atoms with Gasteiger partial charge in [0.25, 0.3) is 0 Å². The van der Waals surface area contributed by atoms with E-state index >= 15 is 0 Å². The highest BCUT2D eigenvalue weighted by atomic mass is 32.2. The quantitative estimate of drug-likeness (QED) is 0.736. The van der Waals surface area contributed by atoms with E-state index in [1.807, 2.05) is 32.9 Å². The number of anilines is 1. The highest BCUT2D eigenvalue weighted by molar-refractivity contribution is 7.92. The van der Waals surface area contributed by atoms with Crippen molar-refractivity contribution in [2.75, 3.05) is 49.9 Å². The molecule has 0 bridgehead atoms. The summed E-state index contributed by atoms with van der Waals surface area (Å²) in [5, 5.41) is 0. The van der Waals surface area contributed by atoms with Crippen LogP contribution in [-0.4, -0.2) is 75.8 Å². The zero-order chi connectivity index (χ0) is 21.1. The normalized spacial score (nSPS) is 14.8. The number of carbonyl (C=O) groups is 2. The first kappa shape index (κ1) is 22.0. The van der Waals surface area contributed by atoms with Crippen LogP contribution in [0.3, 0.4) is 0 Å². The maximum atomic E-state index is 12.8. The zero-order valence-electron chi connectivity index (χ0n) is 17.2. The van der Waals surface area contributed by atoms with Crippen molar-refractivity contribution in [2.24, 2.45) is 0 Å². The SMILES string of the molecule is CCOC(=O)N1CCN(C(=O)CN(c2c(C)cc(C)cc2C)S(C)(=O)=O)CC1. The lowest BCUT2D eigenvalue weighted by molar-refractivity contribution is -0.131. The fraction of sp³-hybridized carbons (Fsp3) is 0.579. The van der Waals surface area contributed by atoms with Crippen LogP contribution in [0.15, 0.2) is 12.1 Å². The van der Waals surface area contributed by atoms with Crippen LogP contribution < -0.4 is 4.31 Å². The molecule has 0 atom stereocenters. The second kappa shape index (κ2) is 8.81. The van der Waals surface area contributed by atoms with Crippen molar-refractivity contribution in [3.05, 3.63) is 28.8 Å². The van der Waals surface area contributed by atoms with Crippen molar-refractivity contribution in [1.82, 2.24) is 9.80 Å². The summed E-state index contributed by atoms with van der Waals surface area (Å²) in [4.78, 5) is 27.7. The third kappa shape index (κ3) is 5.15. The Morgan fingerprint density at radius 2 is 1.54 bits per heavy atom. The summed E-state index contributed by atoms with van der Waals surface area (Å²) in [5.74, 6) is -0.284. The molecule has 28 heavy (non-hydrogen) atoms. The number of ether oxygens (including phenoxy) is 1. The van der Waals surface area contributed by atoms with Gasteiger partial charge < -0.3 is 14.5 Å². The first-order valence-electron chi connectivity index (χ1n) is 9.29. The van der Waals surface area contributed by atoms with Gasteiger partial charge >= 0.3 is 6.09 Å². The topological polar surface area (TPSA) is 87.2 Å². The average Bonchev–Trinajstić information content (AvgIpc) is 2.59. The Kier molecular flexibility index (Phi) is 6.92. The number of carbonyl (C=O) groups excluding carboxylic acids is 2. The van der Waals surface area contributed by atoms with Gasteiger partial charge in [-0.15, -0.1) is 0 Å². The van der Waals surface area contributed by atoms with Crippen LogP contribution in [0.2, 0.25) is 0 Å². The minimum atomic E-state index is -3.64.